The molecule has 5 heteroatoms. The highest BCUT2D eigenvalue weighted by atomic mass is 35.5. The predicted molar refractivity (Wildman–Crippen MR) is 93.0 cm³/mol. The van der Waals surface area contributed by atoms with Gasteiger partial charge in [-0.15, -0.1) is 0 Å². The Kier molecular flexibility index (Phi) is 4.17. The quantitative estimate of drug-likeness (QED) is 0.833. The summed E-state index contributed by atoms with van der Waals surface area (Å²) in [6.07, 6.45) is 10.2. The van der Waals surface area contributed by atoms with Crippen LogP contribution in [0.2, 0.25) is 5.02 Å². The molecule has 0 aromatic carbocycles. The van der Waals surface area contributed by atoms with Crippen LogP contribution in [0.3, 0.4) is 0 Å². The van der Waals surface area contributed by atoms with Crippen LogP contribution in [0.4, 0.5) is 5.82 Å². The van der Waals surface area contributed by atoms with E-state index in [1.54, 1.807) is 12.3 Å². The van der Waals surface area contributed by atoms with Gasteiger partial charge in [0.2, 0.25) is 0 Å². The van der Waals surface area contributed by atoms with Crippen molar-refractivity contribution in [3.63, 3.8) is 0 Å². The van der Waals surface area contributed by atoms with Crippen LogP contribution < -0.4 is 4.90 Å². The molecule has 0 radical (unpaired) electrons. The Hall–Kier alpha value is -1.68. The highest BCUT2D eigenvalue weighted by Gasteiger charge is 2.24. The molecule has 0 N–H and O–H groups in total. The van der Waals surface area contributed by atoms with Crippen molar-refractivity contribution in [2.75, 3.05) is 18.0 Å². The van der Waals surface area contributed by atoms with Gasteiger partial charge >= 0.3 is 0 Å². The molecular formula is C18H21ClN4. The number of hydrogen-bond donors (Lipinski definition) is 0. The molecule has 0 spiro atoms. The van der Waals surface area contributed by atoms with Gasteiger partial charge in [-0.3, -0.25) is 4.98 Å². The van der Waals surface area contributed by atoms with Gasteiger partial charge in [0, 0.05) is 35.6 Å². The van der Waals surface area contributed by atoms with Crippen LogP contribution in [-0.2, 0) is 12.8 Å². The molecule has 1 fully saturated rings. The van der Waals surface area contributed by atoms with E-state index in [0.29, 0.717) is 10.8 Å². The molecule has 1 saturated heterocycles. The highest BCUT2D eigenvalue weighted by molar-refractivity contribution is 6.30. The fourth-order valence-corrected chi connectivity index (χ4v) is 3.76. The number of aryl methyl sites for hydroxylation is 1. The lowest BCUT2D eigenvalue weighted by atomic mass is 10.2. The third-order valence-corrected chi connectivity index (χ3v) is 5.00. The maximum absolute atomic E-state index is 6.12. The first kappa shape index (κ1) is 14.9. The summed E-state index contributed by atoms with van der Waals surface area (Å²) in [4.78, 5) is 16.6. The lowest BCUT2D eigenvalue weighted by Gasteiger charge is -2.24. The van der Waals surface area contributed by atoms with Gasteiger partial charge in [0.25, 0.3) is 0 Å². The van der Waals surface area contributed by atoms with Crippen molar-refractivity contribution >= 4 is 17.4 Å². The van der Waals surface area contributed by atoms with Crippen molar-refractivity contribution < 1.29 is 0 Å². The number of pyridine rings is 1. The SMILES string of the molecule is Clc1ccnc(-c2nc3c(c(N4CCCCCC4)n2)CCC3)c1. The van der Waals surface area contributed by atoms with Crippen LogP contribution in [0.25, 0.3) is 11.5 Å². The smallest absolute Gasteiger partial charge is 0.180 e. The minimum Gasteiger partial charge on any atom is -0.356 e. The molecule has 120 valence electrons. The Morgan fingerprint density at radius 2 is 1.78 bits per heavy atom. The molecule has 0 atom stereocenters. The average molecular weight is 329 g/mol. The second kappa shape index (κ2) is 6.44. The molecule has 23 heavy (non-hydrogen) atoms. The third-order valence-electron chi connectivity index (χ3n) is 4.77. The first-order valence-corrected chi connectivity index (χ1v) is 8.96. The number of hydrogen-bond acceptors (Lipinski definition) is 4. The van der Waals surface area contributed by atoms with Crippen molar-refractivity contribution in [2.24, 2.45) is 0 Å². The normalized spacial score (nSPS) is 17.9. The molecular weight excluding hydrogens is 308 g/mol. The monoisotopic (exact) mass is 328 g/mol. The molecule has 0 saturated carbocycles. The first-order valence-electron chi connectivity index (χ1n) is 8.58. The fraction of sp³-hybridized carbons (Fsp3) is 0.500. The lowest BCUT2D eigenvalue weighted by molar-refractivity contribution is 0.726. The van der Waals surface area contributed by atoms with E-state index in [2.05, 4.69) is 9.88 Å². The second-order valence-electron chi connectivity index (χ2n) is 6.41. The molecule has 1 aliphatic heterocycles. The fourth-order valence-electron chi connectivity index (χ4n) is 3.60. The van der Waals surface area contributed by atoms with Crippen LogP contribution in [0.5, 0.6) is 0 Å². The van der Waals surface area contributed by atoms with Crippen LogP contribution in [0, 0.1) is 0 Å². The zero-order valence-corrected chi connectivity index (χ0v) is 14.0. The van der Waals surface area contributed by atoms with Crippen LogP contribution in [0.1, 0.15) is 43.4 Å². The number of nitrogens with zero attached hydrogens (tertiary/aromatic N) is 4. The van der Waals surface area contributed by atoms with Gasteiger partial charge < -0.3 is 4.90 Å². The molecule has 2 aliphatic rings. The van der Waals surface area contributed by atoms with Gasteiger partial charge in [-0.05, 0) is 44.2 Å². The Morgan fingerprint density at radius 3 is 2.57 bits per heavy atom. The maximum atomic E-state index is 6.12. The lowest BCUT2D eigenvalue weighted by Crippen LogP contribution is -2.26. The van der Waals surface area contributed by atoms with E-state index in [1.807, 2.05) is 6.07 Å². The van der Waals surface area contributed by atoms with E-state index in [-0.39, 0.29) is 0 Å². The summed E-state index contributed by atoms with van der Waals surface area (Å²) in [5, 5.41) is 0.676. The zero-order valence-electron chi connectivity index (χ0n) is 13.3. The summed E-state index contributed by atoms with van der Waals surface area (Å²) < 4.78 is 0. The van der Waals surface area contributed by atoms with E-state index in [1.165, 1.54) is 43.4 Å². The Balaban J connectivity index is 1.78. The van der Waals surface area contributed by atoms with Crippen molar-refractivity contribution in [1.29, 1.82) is 0 Å². The highest BCUT2D eigenvalue weighted by Crippen LogP contribution is 2.32. The molecule has 2 aromatic rings. The van der Waals surface area contributed by atoms with Gasteiger partial charge in [-0.25, -0.2) is 9.97 Å². The minimum atomic E-state index is 0.676. The number of rotatable bonds is 2. The molecule has 4 rings (SSSR count). The molecule has 0 bridgehead atoms. The van der Waals surface area contributed by atoms with Crippen molar-refractivity contribution in [2.45, 2.75) is 44.9 Å². The van der Waals surface area contributed by atoms with Gasteiger partial charge in [0.15, 0.2) is 5.82 Å². The van der Waals surface area contributed by atoms with Crippen LogP contribution >= 0.6 is 11.6 Å². The second-order valence-corrected chi connectivity index (χ2v) is 6.85. The average Bonchev–Trinajstić information content (AvgIpc) is 2.87. The summed E-state index contributed by atoms with van der Waals surface area (Å²) in [6, 6.07) is 3.64. The standard InChI is InChI=1S/C18H21ClN4/c19-13-8-9-20-16(12-13)17-21-15-7-5-6-14(15)18(22-17)23-10-3-1-2-4-11-23/h8-9,12H,1-7,10-11H2. The largest absolute Gasteiger partial charge is 0.356 e. The summed E-state index contributed by atoms with van der Waals surface area (Å²) in [5.74, 6) is 1.86. The predicted octanol–water partition coefficient (Wildman–Crippen LogP) is 4.06. The number of aromatic nitrogens is 3. The zero-order chi connectivity index (χ0) is 15.6. The number of fused-ring (bicyclic) bond motifs is 1. The van der Waals surface area contributed by atoms with Gasteiger partial charge in [0.05, 0.1) is 0 Å². The Morgan fingerprint density at radius 1 is 0.957 bits per heavy atom. The van der Waals surface area contributed by atoms with Gasteiger partial charge in [-0.2, -0.15) is 0 Å². The van der Waals surface area contributed by atoms with E-state index >= 15 is 0 Å². The van der Waals surface area contributed by atoms with Crippen LogP contribution in [0.15, 0.2) is 18.3 Å². The summed E-state index contributed by atoms with van der Waals surface area (Å²) >= 11 is 6.12. The molecule has 4 nitrogen and oxygen atoms in total. The van der Waals surface area contributed by atoms with Crippen molar-refractivity contribution in [3.05, 3.63) is 34.6 Å². The molecule has 3 heterocycles. The van der Waals surface area contributed by atoms with E-state index in [9.17, 15) is 0 Å². The topological polar surface area (TPSA) is 41.9 Å². The maximum Gasteiger partial charge on any atom is 0.180 e. The summed E-state index contributed by atoms with van der Waals surface area (Å²) in [7, 11) is 0. The molecule has 0 amide bonds. The van der Waals surface area contributed by atoms with E-state index in [0.717, 1.165) is 37.4 Å². The third kappa shape index (κ3) is 3.05. The number of anilines is 1. The van der Waals surface area contributed by atoms with E-state index < -0.39 is 0 Å². The van der Waals surface area contributed by atoms with E-state index in [4.69, 9.17) is 21.6 Å². The first-order chi connectivity index (χ1) is 11.3. The van der Waals surface area contributed by atoms with Crippen LogP contribution in [-0.4, -0.2) is 28.0 Å². The minimum absolute atomic E-state index is 0.676. The Labute approximate surface area is 141 Å². The van der Waals surface area contributed by atoms with Crippen molar-refractivity contribution in [1.82, 2.24) is 15.0 Å². The Bertz CT molecular complexity index is 708. The molecule has 1 aliphatic carbocycles. The van der Waals surface area contributed by atoms with Crippen molar-refractivity contribution in [3.8, 4) is 11.5 Å². The molecule has 2 aromatic heterocycles. The molecule has 0 unspecified atom stereocenters. The summed E-state index contributed by atoms with van der Waals surface area (Å²) in [6.45, 7) is 2.21. The number of halogens is 1. The van der Waals surface area contributed by atoms with Gasteiger partial charge in [0.1, 0.15) is 11.5 Å². The summed E-state index contributed by atoms with van der Waals surface area (Å²) in [5.41, 5.74) is 3.33. The van der Waals surface area contributed by atoms with Gasteiger partial charge in [-0.1, -0.05) is 24.4 Å².